The lowest BCUT2D eigenvalue weighted by molar-refractivity contribution is -0.117. The van der Waals surface area contributed by atoms with E-state index in [9.17, 15) is 0 Å². The number of hydrogen-bond acceptors (Lipinski definition) is 0. The van der Waals surface area contributed by atoms with Gasteiger partial charge in [-0.25, -0.2) is 0 Å². The first kappa shape index (κ1) is 14.9. The van der Waals surface area contributed by atoms with E-state index >= 15 is 0 Å². The van der Waals surface area contributed by atoms with E-state index < -0.39 is 0 Å². The van der Waals surface area contributed by atoms with Crippen molar-refractivity contribution in [1.82, 2.24) is 0 Å². The Hall–Kier alpha value is 0. The molecule has 0 radical (unpaired) electrons. The van der Waals surface area contributed by atoms with Crippen LogP contribution in [0, 0.1) is 40.4 Å². The van der Waals surface area contributed by atoms with Crippen LogP contribution in [0.1, 0.15) is 86.0 Å². The average Bonchev–Trinajstić information content (AvgIpc) is 2.37. The lowest BCUT2D eigenvalue weighted by Gasteiger charge is -2.61. The van der Waals surface area contributed by atoms with Gasteiger partial charge in [-0.3, -0.25) is 0 Å². The van der Waals surface area contributed by atoms with E-state index in [0.717, 1.165) is 29.6 Å². The molecule has 0 aromatic rings. The zero-order valence-electron chi connectivity index (χ0n) is 14.5. The Morgan fingerprint density at radius 2 is 1.65 bits per heavy atom. The first-order valence-corrected chi connectivity index (χ1v) is 9.34. The highest BCUT2D eigenvalue weighted by molar-refractivity contribution is 5.04. The first-order chi connectivity index (χ1) is 9.34. The summed E-state index contributed by atoms with van der Waals surface area (Å²) in [5.74, 6) is 5.04. The van der Waals surface area contributed by atoms with Gasteiger partial charge < -0.3 is 0 Å². The molecular weight excluding hydrogens is 240 g/mol. The molecule has 0 N–H and O–H groups in total. The smallest absolute Gasteiger partial charge is 0.0261 e. The molecule has 0 bridgehead atoms. The van der Waals surface area contributed by atoms with E-state index in [0.29, 0.717) is 10.8 Å². The Bertz CT molecular complexity index is 353. The fourth-order valence-electron chi connectivity index (χ4n) is 6.80. The van der Waals surface area contributed by atoms with E-state index in [1.54, 1.807) is 6.42 Å². The van der Waals surface area contributed by atoms with Crippen molar-refractivity contribution in [3.05, 3.63) is 0 Å². The van der Waals surface area contributed by atoms with Crippen molar-refractivity contribution in [2.45, 2.75) is 86.0 Å². The molecule has 3 aliphatic rings. The lowest BCUT2D eigenvalue weighted by Crippen LogP contribution is -2.53. The highest BCUT2D eigenvalue weighted by atomic mass is 14.6. The van der Waals surface area contributed by atoms with Gasteiger partial charge in [0.15, 0.2) is 0 Å². The minimum absolute atomic E-state index is 0.604. The predicted octanol–water partition coefficient (Wildman–Crippen LogP) is 6.30. The van der Waals surface area contributed by atoms with Gasteiger partial charge >= 0.3 is 0 Å². The highest BCUT2D eigenvalue weighted by Gasteiger charge is 2.55. The molecule has 0 heteroatoms. The molecule has 0 nitrogen and oxygen atoms in total. The second-order valence-corrected chi connectivity index (χ2v) is 9.66. The van der Waals surface area contributed by atoms with Gasteiger partial charge in [0.2, 0.25) is 0 Å². The zero-order valence-corrected chi connectivity index (χ0v) is 14.5. The van der Waals surface area contributed by atoms with Gasteiger partial charge in [-0.15, -0.1) is 0 Å². The molecule has 0 spiro atoms. The van der Waals surface area contributed by atoms with Crippen molar-refractivity contribution >= 4 is 0 Å². The fourth-order valence-corrected chi connectivity index (χ4v) is 6.80. The monoisotopic (exact) mass is 276 g/mol. The van der Waals surface area contributed by atoms with Crippen molar-refractivity contribution in [3.8, 4) is 0 Å². The van der Waals surface area contributed by atoms with Gasteiger partial charge in [-0.05, 0) is 85.4 Å². The molecule has 4 unspecified atom stereocenters. The standard InChI is InChI=1S/C20H36/c1-14(2)15-7-9-17-16(13-15)8-10-18-19(3,4)11-6-12-20(17,18)5/h14-18H,6-13H2,1-5H3/t15?,16?,17?,18?,20-/m1/s1. The van der Waals surface area contributed by atoms with Crippen molar-refractivity contribution in [2.75, 3.05) is 0 Å². The molecule has 3 aliphatic carbocycles. The van der Waals surface area contributed by atoms with Gasteiger partial charge in [0.1, 0.15) is 0 Å². The third-order valence-electron chi connectivity index (χ3n) is 7.91. The van der Waals surface area contributed by atoms with Crippen LogP contribution in [0.4, 0.5) is 0 Å². The second-order valence-electron chi connectivity index (χ2n) is 9.66. The van der Waals surface area contributed by atoms with Crippen LogP contribution in [-0.2, 0) is 0 Å². The molecule has 0 saturated heterocycles. The van der Waals surface area contributed by atoms with Crippen LogP contribution in [0.15, 0.2) is 0 Å². The lowest BCUT2D eigenvalue weighted by atomic mass is 9.44. The van der Waals surface area contributed by atoms with Crippen LogP contribution in [0.2, 0.25) is 0 Å². The summed E-state index contributed by atoms with van der Waals surface area (Å²) in [5, 5.41) is 0. The Balaban J connectivity index is 1.81. The first-order valence-electron chi connectivity index (χ1n) is 9.34. The van der Waals surface area contributed by atoms with E-state index in [1.165, 1.54) is 44.9 Å². The molecule has 0 aromatic heterocycles. The molecule has 0 aliphatic heterocycles. The fraction of sp³-hybridized carbons (Fsp3) is 1.00. The zero-order chi connectivity index (χ0) is 14.5. The van der Waals surface area contributed by atoms with Crippen molar-refractivity contribution in [3.63, 3.8) is 0 Å². The van der Waals surface area contributed by atoms with Gasteiger partial charge in [0.25, 0.3) is 0 Å². The third-order valence-corrected chi connectivity index (χ3v) is 7.91. The Morgan fingerprint density at radius 1 is 0.900 bits per heavy atom. The van der Waals surface area contributed by atoms with Crippen LogP contribution in [0.3, 0.4) is 0 Å². The van der Waals surface area contributed by atoms with Crippen molar-refractivity contribution < 1.29 is 0 Å². The molecule has 3 rings (SSSR count). The van der Waals surface area contributed by atoms with Crippen LogP contribution in [0.25, 0.3) is 0 Å². The molecule has 5 atom stereocenters. The SMILES string of the molecule is CC(C)C1CCC2C(CCC3C(C)(C)CCC[C@]23C)C1. The summed E-state index contributed by atoms with van der Waals surface area (Å²) >= 11 is 0. The molecule has 0 amide bonds. The molecule has 20 heavy (non-hydrogen) atoms. The molecule has 3 fully saturated rings. The normalized spacial score (nSPS) is 47.7. The minimum Gasteiger partial charge on any atom is -0.0625 e. The summed E-state index contributed by atoms with van der Waals surface area (Å²) in [5.41, 5.74) is 1.28. The minimum atomic E-state index is 0.604. The van der Waals surface area contributed by atoms with Gasteiger partial charge in [0, 0.05) is 0 Å². The summed E-state index contributed by atoms with van der Waals surface area (Å²) in [4.78, 5) is 0. The van der Waals surface area contributed by atoms with Crippen LogP contribution >= 0.6 is 0 Å². The van der Waals surface area contributed by atoms with Crippen molar-refractivity contribution in [1.29, 1.82) is 0 Å². The van der Waals surface area contributed by atoms with Gasteiger partial charge in [0.05, 0.1) is 0 Å². The number of hydrogen-bond donors (Lipinski definition) is 0. The number of rotatable bonds is 1. The maximum Gasteiger partial charge on any atom is -0.0261 e. The summed E-state index contributed by atoms with van der Waals surface area (Å²) in [6.07, 6.45) is 12.1. The maximum atomic E-state index is 2.69. The van der Waals surface area contributed by atoms with Gasteiger partial charge in [-0.1, -0.05) is 41.0 Å². The molecule has 116 valence electrons. The van der Waals surface area contributed by atoms with E-state index in [4.69, 9.17) is 0 Å². The Kier molecular flexibility index (Phi) is 3.75. The van der Waals surface area contributed by atoms with Crippen LogP contribution in [0.5, 0.6) is 0 Å². The second kappa shape index (κ2) is 5.03. The summed E-state index contributed by atoms with van der Waals surface area (Å²) in [6.45, 7) is 12.7. The number of fused-ring (bicyclic) bond motifs is 3. The summed E-state index contributed by atoms with van der Waals surface area (Å²) in [7, 11) is 0. The largest absolute Gasteiger partial charge is 0.0625 e. The molecular formula is C20H36. The van der Waals surface area contributed by atoms with E-state index in [-0.39, 0.29) is 0 Å². The summed E-state index contributed by atoms with van der Waals surface area (Å²) in [6, 6.07) is 0. The molecule has 3 saturated carbocycles. The van der Waals surface area contributed by atoms with E-state index in [2.05, 4.69) is 34.6 Å². The molecule has 0 heterocycles. The third kappa shape index (κ3) is 2.26. The maximum absolute atomic E-state index is 2.69. The Labute approximate surface area is 127 Å². The quantitative estimate of drug-likeness (QED) is 0.527. The Morgan fingerprint density at radius 3 is 2.35 bits per heavy atom. The van der Waals surface area contributed by atoms with Gasteiger partial charge in [-0.2, -0.15) is 0 Å². The van der Waals surface area contributed by atoms with Crippen LogP contribution < -0.4 is 0 Å². The van der Waals surface area contributed by atoms with Crippen molar-refractivity contribution in [2.24, 2.45) is 40.4 Å². The predicted molar refractivity (Wildman–Crippen MR) is 87.6 cm³/mol. The summed E-state index contributed by atoms with van der Waals surface area (Å²) < 4.78 is 0. The van der Waals surface area contributed by atoms with E-state index in [1.807, 2.05) is 0 Å². The topological polar surface area (TPSA) is 0 Å². The highest BCUT2D eigenvalue weighted by Crippen LogP contribution is 2.64. The average molecular weight is 277 g/mol. The molecule has 0 aromatic carbocycles. The van der Waals surface area contributed by atoms with Crippen LogP contribution in [-0.4, -0.2) is 0 Å².